The minimum absolute atomic E-state index is 0.0336. The molecule has 1 N–H and O–H groups in total. The first-order valence-corrected chi connectivity index (χ1v) is 4.91. The number of carboxylic acid groups (broad SMARTS) is 1. The van der Waals surface area contributed by atoms with Crippen molar-refractivity contribution in [2.45, 2.75) is 20.0 Å². The molecule has 0 aliphatic heterocycles. The predicted molar refractivity (Wildman–Crippen MR) is 58.7 cm³/mol. The Bertz CT molecular complexity index is 368. The van der Waals surface area contributed by atoms with Crippen LogP contribution in [-0.2, 0) is 4.79 Å². The number of likely N-dealkylation sites (N-methyl/N-ethyl adjacent to an activating group) is 1. The van der Waals surface area contributed by atoms with Gasteiger partial charge in [0.15, 0.2) is 5.82 Å². The van der Waals surface area contributed by atoms with Crippen molar-refractivity contribution in [1.82, 2.24) is 9.97 Å². The van der Waals surface area contributed by atoms with Crippen molar-refractivity contribution in [3.05, 3.63) is 12.4 Å². The standard InChI is InChI=1S/C10H15N3O3/c1-7(2)16-10-9(11-4-5-12-10)13(3)6-8(14)15/h4-5,7H,6H2,1-3H3,(H,14,15). The second-order valence-corrected chi connectivity index (χ2v) is 3.60. The number of hydrogen-bond acceptors (Lipinski definition) is 5. The van der Waals surface area contributed by atoms with Gasteiger partial charge in [0.25, 0.3) is 5.88 Å². The molecule has 16 heavy (non-hydrogen) atoms. The summed E-state index contributed by atoms with van der Waals surface area (Å²) in [6.07, 6.45) is 2.98. The van der Waals surface area contributed by atoms with Crippen LogP contribution >= 0.6 is 0 Å². The SMILES string of the molecule is CC(C)Oc1nccnc1N(C)CC(=O)O. The Kier molecular flexibility index (Phi) is 4.04. The Morgan fingerprint density at radius 3 is 2.69 bits per heavy atom. The Hall–Kier alpha value is -1.85. The summed E-state index contributed by atoms with van der Waals surface area (Å²) in [7, 11) is 1.63. The van der Waals surface area contributed by atoms with E-state index in [0.717, 1.165) is 0 Å². The highest BCUT2D eigenvalue weighted by Crippen LogP contribution is 2.21. The molecule has 0 saturated heterocycles. The molecule has 1 aromatic heterocycles. The maximum atomic E-state index is 10.6. The van der Waals surface area contributed by atoms with Crippen LogP contribution in [0.2, 0.25) is 0 Å². The van der Waals surface area contributed by atoms with E-state index in [2.05, 4.69) is 9.97 Å². The molecule has 0 aliphatic carbocycles. The van der Waals surface area contributed by atoms with Crippen molar-refractivity contribution in [2.24, 2.45) is 0 Å². The number of ether oxygens (including phenoxy) is 1. The van der Waals surface area contributed by atoms with Gasteiger partial charge < -0.3 is 14.7 Å². The number of anilines is 1. The fourth-order valence-corrected chi connectivity index (χ4v) is 1.16. The summed E-state index contributed by atoms with van der Waals surface area (Å²) in [5, 5.41) is 8.69. The summed E-state index contributed by atoms with van der Waals surface area (Å²) < 4.78 is 5.44. The van der Waals surface area contributed by atoms with Crippen LogP contribution in [0.1, 0.15) is 13.8 Å². The fraction of sp³-hybridized carbons (Fsp3) is 0.500. The summed E-state index contributed by atoms with van der Waals surface area (Å²) in [5.74, 6) is -0.150. The number of carbonyl (C=O) groups is 1. The Morgan fingerprint density at radius 1 is 1.50 bits per heavy atom. The molecule has 1 rings (SSSR count). The summed E-state index contributed by atoms with van der Waals surface area (Å²) in [6, 6.07) is 0. The molecule has 6 nitrogen and oxygen atoms in total. The molecule has 0 bridgehead atoms. The zero-order chi connectivity index (χ0) is 12.1. The first-order valence-electron chi connectivity index (χ1n) is 4.91. The van der Waals surface area contributed by atoms with E-state index >= 15 is 0 Å². The van der Waals surface area contributed by atoms with Crippen LogP contribution in [0, 0.1) is 0 Å². The number of rotatable bonds is 5. The van der Waals surface area contributed by atoms with Gasteiger partial charge >= 0.3 is 5.97 Å². The van der Waals surface area contributed by atoms with Gasteiger partial charge in [0.1, 0.15) is 6.54 Å². The molecule has 0 atom stereocenters. The quantitative estimate of drug-likeness (QED) is 0.798. The van der Waals surface area contributed by atoms with Crippen molar-refractivity contribution in [1.29, 1.82) is 0 Å². The fourth-order valence-electron chi connectivity index (χ4n) is 1.16. The molecule has 0 amide bonds. The summed E-state index contributed by atoms with van der Waals surface area (Å²) in [6.45, 7) is 3.60. The monoisotopic (exact) mass is 225 g/mol. The third-order valence-corrected chi connectivity index (χ3v) is 1.73. The zero-order valence-electron chi connectivity index (χ0n) is 9.54. The third kappa shape index (κ3) is 3.38. The highest BCUT2D eigenvalue weighted by molar-refractivity contribution is 5.73. The van der Waals surface area contributed by atoms with E-state index in [-0.39, 0.29) is 12.6 Å². The van der Waals surface area contributed by atoms with Crippen LogP contribution in [0.25, 0.3) is 0 Å². The molecule has 0 spiro atoms. The van der Waals surface area contributed by atoms with E-state index in [9.17, 15) is 4.79 Å². The van der Waals surface area contributed by atoms with E-state index in [1.165, 1.54) is 17.3 Å². The Labute approximate surface area is 93.9 Å². The van der Waals surface area contributed by atoms with E-state index in [0.29, 0.717) is 11.7 Å². The molecular weight excluding hydrogens is 210 g/mol. The molecule has 0 fully saturated rings. The van der Waals surface area contributed by atoms with Crippen LogP contribution in [-0.4, -0.2) is 40.7 Å². The smallest absolute Gasteiger partial charge is 0.323 e. The van der Waals surface area contributed by atoms with Crippen molar-refractivity contribution >= 4 is 11.8 Å². The summed E-state index contributed by atoms with van der Waals surface area (Å²) in [4.78, 5) is 20.2. The molecule has 0 unspecified atom stereocenters. The molecule has 6 heteroatoms. The molecule has 1 heterocycles. The number of carboxylic acids is 1. The lowest BCUT2D eigenvalue weighted by Gasteiger charge is -2.19. The average molecular weight is 225 g/mol. The largest absolute Gasteiger partial charge is 0.480 e. The lowest BCUT2D eigenvalue weighted by atomic mass is 10.4. The van der Waals surface area contributed by atoms with Gasteiger partial charge in [-0.05, 0) is 13.8 Å². The van der Waals surface area contributed by atoms with Gasteiger partial charge in [-0.3, -0.25) is 4.79 Å². The second-order valence-electron chi connectivity index (χ2n) is 3.60. The van der Waals surface area contributed by atoms with E-state index in [4.69, 9.17) is 9.84 Å². The minimum atomic E-state index is -0.927. The van der Waals surface area contributed by atoms with Crippen molar-refractivity contribution in [3.8, 4) is 5.88 Å². The molecule has 0 saturated carbocycles. The number of hydrogen-bond donors (Lipinski definition) is 1. The van der Waals surface area contributed by atoms with E-state index < -0.39 is 5.97 Å². The first-order chi connectivity index (χ1) is 7.50. The zero-order valence-corrected chi connectivity index (χ0v) is 9.54. The van der Waals surface area contributed by atoms with E-state index in [1.54, 1.807) is 7.05 Å². The predicted octanol–water partition coefficient (Wildman–Crippen LogP) is 0.785. The molecule has 88 valence electrons. The van der Waals surface area contributed by atoms with Crippen LogP contribution in [0.3, 0.4) is 0 Å². The van der Waals surface area contributed by atoms with Gasteiger partial charge in [0, 0.05) is 19.4 Å². The van der Waals surface area contributed by atoms with Gasteiger partial charge in [-0.1, -0.05) is 0 Å². The minimum Gasteiger partial charge on any atom is -0.480 e. The number of nitrogens with zero attached hydrogens (tertiary/aromatic N) is 3. The summed E-state index contributed by atoms with van der Waals surface area (Å²) >= 11 is 0. The van der Waals surface area contributed by atoms with Crippen LogP contribution < -0.4 is 9.64 Å². The number of aromatic nitrogens is 2. The Morgan fingerprint density at radius 2 is 2.12 bits per heavy atom. The first kappa shape index (κ1) is 12.2. The third-order valence-electron chi connectivity index (χ3n) is 1.73. The van der Waals surface area contributed by atoms with Crippen molar-refractivity contribution in [3.63, 3.8) is 0 Å². The van der Waals surface area contributed by atoms with Crippen molar-refractivity contribution < 1.29 is 14.6 Å². The van der Waals surface area contributed by atoms with Gasteiger partial charge in [-0.25, -0.2) is 9.97 Å². The molecule has 0 aromatic carbocycles. The van der Waals surface area contributed by atoms with Gasteiger partial charge in [0.2, 0.25) is 0 Å². The van der Waals surface area contributed by atoms with Crippen LogP contribution in [0.4, 0.5) is 5.82 Å². The van der Waals surface area contributed by atoms with Gasteiger partial charge in [0.05, 0.1) is 6.10 Å². The maximum absolute atomic E-state index is 10.6. The molecule has 0 aliphatic rings. The Balaban J connectivity index is 2.89. The molecular formula is C10H15N3O3. The topological polar surface area (TPSA) is 75.6 Å². The lowest BCUT2D eigenvalue weighted by molar-refractivity contribution is -0.135. The van der Waals surface area contributed by atoms with Crippen LogP contribution in [0.15, 0.2) is 12.4 Å². The molecule has 1 aromatic rings. The maximum Gasteiger partial charge on any atom is 0.323 e. The summed E-state index contributed by atoms with van der Waals surface area (Å²) in [5.41, 5.74) is 0. The van der Waals surface area contributed by atoms with Gasteiger partial charge in [-0.15, -0.1) is 0 Å². The highest BCUT2D eigenvalue weighted by atomic mass is 16.5. The molecule has 0 radical (unpaired) electrons. The average Bonchev–Trinajstić information content (AvgIpc) is 2.16. The van der Waals surface area contributed by atoms with E-state index in [1.807, 2.05) is 13.8 Å². The number of aliphatic carboxylic acids is 1. The highest BCUT2D eigenvalue weighted by Gasteiger charge is 2.14. The van der Waals surface area contributed by atoms with Crippen LogP contribution in [0.5, 0.6) is 5.88 Å². The lowest BCUT2D eigenvalue weighted by Crippen LogP contribution is -2.27. The normalized spacial score (nSPS) is 10.2. The van der Waals surface area contributed by atoms with Crippen molar-refractivity contribution in [2.75, 3.05) is 18.5 Å². The van der Waals surface area contributed by atoms with Gasteiger partial charge in [-0.2, -0.15) is 0 Å². The second kappa shape index (κ2) is 5.29.